The molecule has 0 saturated carbocycles. The van der Waals surface area contributed by atoms with Gasteiger partial charge in [-0.1, -0.05) is 20.3 Å². The zero-order chi connectivity index (χ0) is 19.0. The topological polar surface area (TPSA) is 112 Å². The number of carbonyl (C=O) groups excluding carboxylic acids is 2. The van der Waals surface area contributed by atoms with Crippen molar-refractivity contribution in [3.63, 3.8) is 0 Å². The Morgan fingerprint density at radius 3 is 2.12 bits per heavy atom. The lowest BCUT2D eigenvalue weighted by Gasteiger charge is -2.23. The average molecular weight is 353 g/mol. The maximum absolute atomic E-state index is 12.5. The fourth-order valence-electron chi connectivity index (χ4n) is 2.38. The molecule has 4 N–H and O–H groups in total. The van der Waals surface area contributed by atoms with E-state index in [-0.39, 0.29) is 18.4 Å². The summed E-state index contributed by atoms with van der Waals surface area (Å²) in [5.41, 5.74) is 5.88. The third-order valence-corrected chi connectivity index (χ3v) is 4.03. The van der Waals surface area contributed by atoms with Crippen molar-refractivity contribution in [1.82, 2.24) is 10.6 Å². The molecule has 0 heterocycles. The molecule has 3 amide bonds. The molecular formula is C17H27N3O5. The summed E-state index contributed by atoms with van der Waals surface area (Å²) in [6.45, 7) is 4.01. The highest BCUT2D eigenvalue weighted by molar-refractivity contribution is 5.86. The summed E-state index contributed by atoms with van der Waals surface area (Å²) >= 11 is 0. The van der Waals surface area contributed by atoms with E-state index in [1.54, 1.807) is 12.1 Å². The van der Waals surface area contributed by atoms with Crippen LogP contribution in [0.5, 0.6) is 17.2 Å². The summed E-state index contributed by atoms with van der Waals surface area (Å²) in [6.07, 6.45) is 0.720. The van der Waals surface area contributed by atoms with E-state index in [1.165, 1.54) is 21.3 Å². The molecule has 0 spiro atoms. The first-order valence-electron chi connectivity index (χ1n) is 8.00. The number of carbonyl (C=O) groups is 2. The number of primary amides is 1. The first-order chi connectivity index (χ1) is 11.9. The lowest BCUT2D eigenvalue weighted by molar-refractivity contribution is -0.124. The first-order valence-corrected chi connectivity index (χ1v) is 8.00. The lowest BCUT2D eigenvalue weighted by Crippen LogP contribution is -2.51. The minimum atomic E-state index is -0.732. The van der Waals surface area contributed by atoms with Gasteiger partial charge in [-0.15, -0.1) is 0 Å². The Balaban J connectivity index is 2.94. The molecule has 25 heavy (non-hydrogen) atoms. The van der Waals surface area contributed by atoms with Gasteiger partial charge in [0.25, 0.3) is 0 Å². The summed E-state index contributed by atoms with van der Waals surface area (Å²) in [7, 11) is 4.59. The highest BCUT2D eigenvalue weighted by Crippen LogP contribution is 2.34. The van der Waals surface area contributed by atoms with E-state index in [0.29, 0.717) is 17.2 Å². The molecule has 0 aliphatic heterocycles. The van der Waals surface area contributed by atoms with Crippen LogP contribution in [0, 0.1) is 5.92 Å². The molecule has 140 valence electrons. The Kier molecular flexibility index (Phi) is 7.84. The molecule has 1 aromatic rings. The molecule has 1 aromatic carbocycles. The number of methoxy groups -OCH3 is 3. The van der Waals surface area contributed by atoms with Gasteiger partial charge in [-0.25, -0.2) is 4.79 Å². The van der Waals surface area contributed by atoms with Crippen LogP contribution in [0.1, 0.15) is 25.8 Å². The Labute approximate surface area is 148 Å². The second kappa shape index (κ2) is 9.61. The molecule has 0 aliphatic rings. The number of benzene rings is 1. The van der Waals surface area contributed by atoms with E-state index < -0.39 is 12.1 Å². The number of urea groups is 1. The van der Waals surface area contributed by atoms with Gasteiger partial charge in [-0.05, 0) is 12.0 Å². The largest absolute Gasteiger partial charge is 0.496 e. The van der Waals surface area contributed by atoms with Crippen LogP contribution in [0.2, 0.25) is 0 Å². The van der Waals surface area contributed by atoms with Crippen LogP contribution in [-0.4, -0.2) is 39.3 Å². The van der Waals surface area contributed by atoms with Gasteiger partial charge < -0.3 is 30.6 Å². The predicted molar refractivity (Wildman–Crippen MR) is 93.9 cm³/mol. The van der Waals surface area contributed by atoms with Crippen LogP contribution in [-0.2, 0) is 11.3 Å². The van der Waals surface area contributed by atoms with Gasteiger partial charge in [0.2, 0.25) is 5.91 Å². The summed E-state index contributed by atoms with van der Waals surface area (Å²) in [5, 5.41) is 5.28. The fourth-order valence-corrected chi connectivity index (χ4v) is 2.38. The number of nitrogens with one attached hydrogen (secondary N) is 2. The summed E-state index contributed by atoms with van der Waals surface area (Å²) < 4.78 is 15.8. The van der Waals surface area contributed by atoms with Gasteiger partial charge in [0, 0.05) is 18.2 Å². The van der Waals surface area contributed by atoms with Crippen LogP contribution < -0.4 is 30.6 Å². The van der Waals surface area contributed by atoms with Crippen molar-refractivity contribution in [2.24, 2.45) is 11.7 Å². The Morgan fingerprint density at radius 2 is 1.64 bits per heavy atom. The van der Waals surface area contributed by atoms with Gasteiger partial charge >= 0.3 is 6.03 Å². The van der Waals surface area contributed by atoms with E-state index >= 15 is 0 Å². The third-order valence-electron chi connectivity index (χ3n) is 4.03. The highest BCUT2D eigenvalue weighted by Gasteiger charge is 2.25. The molecule has 2 atom stereocenters. The van der Waals surface area contributed by atoms with Crippen molar-refractivity contribution in [2.45, 2.75) is 32.9 Å². The molecule has 0 bridgehead atoms. The summed E-state index contributed by atoms with van der Waals surface area (Å²) in [4.78, 5) is 23.6. The van der Waals surface area contributed by atoms with Crippen molar-refractivity contribution in [3.8, 4) is 17.2 Å². The number of ether oxygens (including phenoxy) is 3. The van der Waals surface area contributed by atoms with Crippen molar-refractivity contribution >= 4 is 11.9 Å². The smallest absolute Gasteiger partial charge is 0.312 e. The van der Waals surface area contributed by atoms with E-state index in [9.17, 15) is 9.59 Å². The molecule has 8 heteroatoms. The van der Waals surface area contributed by atoms with Crippen LogP contribution in [0.25, 0.3) is 0 Å². The maximum Gasteiger partial charge on any atom is 0.312 e. The van der Waals surface area contributed by atoms with Gasteiger partial charge in [0.1, 0.15) is 11.8 Å². The monoisotopic (exact) mass is 353 g/mol. The second-order valence-electron chi connectivity index (χ2n) is 5.61. The zero-order valence-electron chi connectivity index (χ0n) is 15.3. The minimum Gasteiger partial charge on any atom is -0.496 e. The van der Waals surface area contributed by atoms with Crippen molar-refractivity contribution in [2.75, 3.05) is 21.3 Å². The van der Waals surface area contributed by atoms with Crippen LogP contribution in [0.3, 0.4) is 0 Å². The SMILES string of the molecule is CCC(C)C(NC(N)=O)C(=O)NCc1cc(OC)c(OC)cc1OC. The molecule has 8 nitrogen and oxygen atoms in total. The molecule has 0 fully saturated rings. The van der Waals surface area contributed by atoms with Crippen LogP contribution in [0.4, 0.5) is 4.79 Å². The first kappa shape index (κ1) is 20.4. The van der Waals surface area contributed by atoms with E-state index in [4.69, 9.17) is 19.9 Å². The van der Waals surface area contributed by atoms with Gasteiger partial charge in [-0.3, -0.25) is 4.79 Å². The molecule has 0 saturated heterocycles. The normalized spacial score (nSPS) is 12.7. The molecule has 1 rings (SSSR count). The maximum atomic E-state index is 12.5. The number of hydrogen-bond acceptors (Lipinski definition) is 5. The van der Waals surface area contributed by atoms with Crippen molar-refractivity contribution in [1.29, 1.82) is 0 Å². The lowest BCUT2D eigenvalue weighted by atomic mass is 9.98. The van der Waals surface area contributed by atoms with E-state index in [2.05, 4.69) is 10.6 Å². The summed E-state index contributed by atoms with van der Waals surface area (Å²) in [5.74, 6) is 1.24. The van der Waals surface area contributed by atoms with Gasteiger partial charge in [0.15, 0.2) is 11.5 Å². The molecule has 2 unspecified atom stereocenters. The number of nitrogens with two attached hydrogens (primary N) is 1. The quantitative estimate of drug-likeness (QED) is 0.621. The van der Waals surface area contributed by atoms with Crippen LogP contribution >= 0.6 is 0 Å². The number of hydrogen-bond donors (Lipinski definition) is 3. The number of rotatable bonds is 9. The van der Waals surface area contributed by atoms with Crippen LogP contribution in [0.15, 0.2) is 12.1 Å². The molecule has 0 aliphatic carbocycles. The van der Waals surface area contributed by atoms with Gasteiger partial charge in [-0.2, -0.15) is 0 Å². The highest BCUT2D eigenvalue weighted by atomic mass is 16.5. The third kappa shape index (κ3) is 5.44. The van der Waals surface area contributed by atoms with E-state index in [1.807, 2.05) is 13.8 Å². The zero-order valence-corrected chi connectivity index (χ0v) is 15.3. The fraction of sp³-hybridized carbons (Fsp3) is 0.529. The van der Waals surface area contributed by atoms with Crippen molar-refractivity contribution in [3.05, 3.63) is 17.7 Å². The van der Waals surface area contributed by atoms with Gasteiger partial charge in [0.05, 0.1) is 21.3 Å². The predicted octanol–water partition coefficient (Wildman–Crippen LogP) is 1.41. The Bertz CT molecular complexity index is 606. The molecule has 0 radical (unpaired) electrons. The van der Waals surface area contributed by atoms with E-state index in [0.717, 1.165) is 12.0 Å². The minimum absolute atomic E-state index is 0.0557. The number of amides is 3. The molecular weight excluding hydrogens is 326 g/mol. The standard InChI is InChI=1S/C17H27N3O5/c1-6-10(2)15(20-17(18)22)16(21)19-9-11-7-13(24-4)14(25-5)8-12(11)23-3/h7-8,10,15H,6,9H2,1-5H3,(H,19,21)(H3,18,20,22). The Hall–Kier alpha value is -2.64. The molecule has 0 aromatic heterocycles. The Morgan fingerprint density at radius 1 is 1.08 bits per heavy atom. The average Bonchev–Trinajstić information content (AvgIpc) is 2.62. The second-order valence-corrected chi connectivity index (χ2v) is 5.61. The summed E-state index contributed by atoms with van der Waals surface area (Å²) in [6, 6.07) is 1.99. The van der Waals surface area contributed by atoms with Crippen molar-refractivity contribution < 1.29 is 23.8 Å².